The highest BCUT2D eigenvalue weighted by Crippen LogP contribution is 2.22. The van der Waals surface area contributed by atoms with Gasteiger partial charge in [-0.25, -0.2) is 0 Å². The summed E-state index contributed by atoms with van der Waals surface area (Å²) in [4.78, 5) is 44.5. The fraction of sp³-hybridized carbons (Fsp3) is 0.929. The molecule has 0 aliphatic rings. The molecule has 0 heterocycles. The maximum absolute atomic E-state index is 11.2. The van der Waals surface area contributed by atoms with E-state index < -0.39 is 34.7 Å². The SMILES string of the molecule is CCOCCOCCOCC(COCCOCCOCN)(COCCOCCOCN)COCCOCCOCCN.NCC(=O)OCCOCCOCC(COCCOCCOCOC(=O)CN)(COCCOCCOC(=O)CN)COCOCCOC(=O)CN. The van der Waals surface area contributed by atoms with E-state index in [0.29, 0.717) is 152 Å². The average Bonchev–Trinajstić information content (AvgIpc) is 1.16. The van der Waals surface area contributed by atoms with Crippen LogP contribution in [0.2, 0.25) is 0 Å². The van der Waals surface area contributed by atoms with Gasteiger partial charge in [-0.1, -0.05) is 0 Å². The molecule has 0 aliphatic heterocycles. The van der Waals surface area contributed by atoms with Crippen LogP contribution >= 0.6 is 0 Å². The molecule has 0 rings (SSSR count). The van der Waals surface area contributed by atoms with Gasteiger partial charge in [0.15, 0.2) is 6.79 Å². The Morgan fingerprint density at radius 1 is 0.228 bits per heavy atom. The van der Waals surface area contributed by atoms with Gasteiger partial charge in [-0.3, -0.25) is 19.2 Å². The van der Waals surface area contributed by atoms with Gasteiger partial charge in [0.1, 0.15) is 26.6 Å². The van der Waals surface area contributed by atoms with Crippen molar-refractivity contribution in [3.05, 3.63) is 0 Å². The number of carbonyl (C=O) groups excluding carboxylic acids is 4. The molecule has 36 nitrogen and oxygen atoms in total. The topological polar surface area (TPSA) is 481 Å². The number of hydrogen-bond acceptors (Lipinski definition) is 36. The molecular formula is C56H115N7O29. The summed E-state index contributed by atoms with van der Waals surface area (Å²) in [6.07, 6.45) is 0. The molecule has 92 heavy (non-hydrogen) atoms. The van der Waals surface area contributed by atoms with Gasteiger partial charge in [-0.2, -0.15) is 0 Å². The van der Waals surface area contributed by atoms with Gasteiger partial charge >= 0.3 is 23.9 Å². The van der Waals surface area contributed by atoms with Crippen molar-refractivity contribution in [3.8, 4) is 0 Å². The average molecular weight is 1350 g/mol. The predicted octanol–water partition coefficient (Wildman–Crippen LogP) is -4.97. The highest BCUT2D eigenvalue weighted by molar-refractivity contribution is 5.72. The Morgan fingerprint density at radius 2 is 0.446 bits per heavy atom. The van der Waals surface area contributed by atoms with E-state index in [-0.39, 0.29) is 172 Å². The zero-order valence-electron chi connectivity index (χ0n) is 54.5. The molecular weight excluding hydrogens is 1230 g/mol. The van der Waals surface area contributed by atoms with Crippen molar-refractivity contribution in [3.63, 3.8) is 0 Å². The van der Waals surface area contributed by atoms with E-state index in [9.17, 15) is 19.2 Å². The highest BCUT2D eigenvalue weighted by atomic mass is 16.7. The lowest BCUT2D eigenvalue weighted by Crippen LogP contribution is -2.43. The lowest BCUT2D eigenvalue weighted by molar-refractivity contribution is -0.157. The number of ether oxygens (including phenoxy) is 25. The van der Waals surface area contributed by atoms with Crippen molar-refractivity contribution in [2.24, 2.45) is 51.0 Å². The lowest BCUT2D eigenvalue weighted by atomic mass is 9.92. The minimum Gasteiger partial charge on any atom is -0.462 e. The first-order chi connectivity index (χ1) is 45.1. The second-order valence-electron chi connectivity index (χ2n) is 18.8. The molecule has 0 spiro atoms. The fourth-order valence-corrected chi connectivity index (χ4v) is 6.57. The van der Waals surface area contributed by atoms with Crippen LogP contribution in [0, 0.1) is 10.8 Å². The molecule has 0 radical (unpaired) electrons. The molecule has 0 aromatic carbocycles. The summed E-state index contributed by atoms with van der Waals surface area (Å²) in [6.45, 7) is 13.9. The van der Waals surface area contributed by atoms with Gasteiger partial charge in [-0.15, -0.1) is 0 Å². The zero-order chi connectivity index (χ0) is 67.6. The van der Waals surface area contributed by atoms with E-state index >= 15 is 0 Å². The molecule has 0 saturated carbocycles. The van der Waals surface area contributed by atoms with Crippen molar-refractivity contribution in [2.45, 2.75) is 6.92 Å². The second kappa shape index (κ2) is 73.6. The summed E-state index contributed by atoms with van der Waals surface area (Å²) >= 11 is 0. The molecule has 0 fully saturated rings. The maximum atomic E-state index is 11.2. The minimum absolute atomic E-state index is 0.0145. The smallest absolute Gasteiger partial charge is 0.321 e. The van der Waals surface area contributed by atoms with E-state index in [4.69, 9.17) is 159 Å². The van der Waals surface area contributed by atoms with Crippen LogP contribution < -0.4 is 40.1 Å². The summed E-state index contributed by atoms with van der Waals surface area (Å²) in [5.41, 5.74) is 35.4. The monoisotopic (exact) mass is 1350 g/mol. The number of nitrogens with two attached hydrogens (primary N) is 7. The Morgan fingerprint density at radius 3 is 0.728 bits per heavy atom. The van der Waals surface area contributed by atoms with Gasteiger partial charge in [0, 0.05) is 13.2 Å². The Balaban J connectivity index is 0. The van der Waals surface area contributed by atoms with Crippen LogP contribution in [0.3, 0.4) is 0 Å². The zero-order valence-corrected chi connectivity index (χ0v) is 54.5. The quantitative estimate of drug-likeness (QED) is 0.0130. The second-order valence-corrected chi connectivity index (χ2v) is 18.8. The van der Waals surface area contributed by atoms with Crippen LogP contribution in [0.4, 0.5) is 0 Å². The van der Waals surface area contributed by atoms with Crippen molar-refractivity contribution in [1.82, 2.24) is 0 Å². The summed E-state index contributed by atoms with van der Waals surface area (Å²) in [6, 6.07) is 0. The van der Waals surface area contributed by atoms with Crippen molar-refractivity contribution in [2.75, 3.05) is 324 Å². The van der Waals surface area contributed by atoms with Gasteiger partial charge < -0.3 is 159 Å². The van der Waals surface area contributed by atoms with E-state index in [1.807, 2.05) is 6.92 Å². The van der Waals surface area contributed by atoms with Gasteiger partial charge in [0.2, 0.25) is 0 Å². The fourth-order valence-electron chi connectivity index (χ4n) is 6.57. The summed E-state index contributed by atoms with van der Waals surface area (Å²) in [7, 11) is 0. The first-order valence-electron chi connectivity index (χ1n) is 30.7. The van der Waals surface area contributed by atoms with Crippen molar-refractivity contribution < 1.29 is 138 Å². The van der Waals surface area contributed by atoms with E-state index in [0.717, 1.165) is 0 Å². The molecule has 0 aromatic rings. The molecule has 0 amide bonds. The molecule has 0 atom stereocenters. The highest BCUT2D eigenvalue weighted by Gasteiger charge is 2.34. The lowest BCUT2D eigenvalue weighted by Gasteiger charge is -2.33. The molecule has 0 unspecified atom stereocenters. The van der Waals surface area contributed by atoms with Gasteiger partial charge in [0.25, 0.3) is 0 Å². The molecule has 14 N–H and O–H groups in total. The molecule has 0 aliphatic carbocycles. The van der Waals surface area contributed by atoms with Crippen LogP contribution in [-0.2, 0) is 138 Å². The van der Waals surface area contributed by atoms with Crippen LogP contribution in [0.1, 0.15) is 6.92 Å². The largest absolute Gasteiger partial charge is 0.462 e. The third-order valence-corrected chi connectivity index (χ3v) is 11.0. The summed E-state index contributed by atoms with van der Waals surface area (Å²) in [5, 5.41) is 0. The van der Waals surface area contributed by atoms with Gasteiger partial charge in [0.05, 0.1) is 288 Å². The normalized spacial score (nSPS) is 11.7. The first kappa shape index (κ1) is 90.8. The third-order valence-electron chi connectivity index (χ3n) is 11.0. The van der Waals surface area contributed by atoms with Crippen LogP contribution in [-0.4, -0.2) is 348 Å². The van der Waals surface area contributed by atoms with Gasteiger partial charge in [-0.05, 0) is 6.92 Å². The molecule has 548 valence electrons. The van der Waals surface area contributed by atoms with Crippen LogP contribution in [0.15, 0.2) is 0 Å². The molecule has 0 saturated heterocycles. The summed E-state index contributed by atoms with van der Waals surface area (Å²) in [5.74, 6) is -2.18. The number of rotatable bonds is 74. The van der Waals surface area contributed by atoms with Crippen LogP contribution in [0.25, 0.3) is 0 Å². The minimum atomic E-state index is -0.835. The maximum Gasteiger partial charge on any atom is 0.321 e. The standard InChI is InChI=1S/C29H56N4O17.C27H59N3O12/c30-15-25(34)47-12-9-39-2-6-42-20-29(22-46-23-44-11-14-49-27(36)17-32,21-43-7-3-40-10-13-48-26(35)16-31)19-41-5-1-38-4-8-45-24-50-28(37)18-33;1-2-31-5-6-33-9-15-37-21-27(23-39-17-11-35-13-19-41-25-29,24-40-18-12-36-14-20-42-26-30)22-38-16-10-34-8-7-32-4-3-28/h1-24,30-33H2;2-26,28-30H2,1H3. The molecule has 0 bridgehead atoms. The number of esters is 4. The molecule has 36 heteroatoms. The Hall–Kier alpha value is -3.24. The first-order valence-corrected chi connectivity index (χ1v) is 30.7. The van der Waals surface area contributed by atoms with Crippen LogP contribution in [0.5, 0.6) is 0 Å². The summed E-state index contributed by atoms with van der Waals surface area (Å²) < 4.78 is 137. The van der Waals surface area contributed by atoms with Crippen molar-refractivity contribution in [1.29, 1.82) is 0 Å². The predicted molar refractivity (Wildman–Crippen MR) is 325 cm³/mol. The van der Waals surface area contributed by atoms with E-state index in [2.05, 4.69) is 0 Å². The Kier molecular flexibility index (Phi) is 72.6. The van der Waals surface area contributed by atoms with Crippen molar-refractivity contribution >= 4 is 23.9 Å². The molecule has 0 aromatic heterocycles. The Bertz CT molecular complexity index is 1500. The Labute approximate surface area is 542 Å². The number of hydrogen-bond donors (Lipinski definition) is 7. The third kappa shape index (κ3) is 65.4. The van der Waals surface area contributed by atoms with E-state index in [1.165, 1.54) is 0 Å². The van der Waals surface area contributed by atoms with E-state index in [1.54, 1.807) is 0 Å². The number of carbonyl (C=O) groups is 4.